The number of nitriles is 1. The van der Waals surface area contributed by atoms with Crippen LogP contribution < -0.4 is 0 Å². The first-order valence-corrected chi connectivity index (χ1v) is 7.41. The van der Waals surface area contributed by atoms with Crippen molar-refractivity contribution in [3.63, 3.8) is 0 Å². The zero-order valence-electron chi connectivity index (χ0n) is 13.4. The Morgan fingerprint density at radius 1 is 1.10 bits per heavy atom. The first kappa shape index (κ1) is 15.3. The van der Waals surface area contributed by atoms with Gasteiger partial charge in [0.15, 0.2) is 0 Å². The fourth-order valence-electron chi connectivity index (χ4n) is 2.51. The lowest BCUT2D eigenvalue weighted by Gasteiger charge is -2.18. The number of hydrogen-bond acceptors (Lipinski definition) is 1. The maximum Gasteiger partial charge on any atom is 0.0917 e. The summed E-state index contributed by atoms with van der Waals surface area (Å²) in [5, 5.41) is 9.34. The van der Waals surface area contributed by atoms with E-state index in [1.165, 1.54) is 5.56 Å². The first-order chi connectivity index (χ1) is 9.81. The molecule has 0 radical (unpaired) electrons. The van der Waals surface area contributed by atoms with Gasteiger partial charge in [-0.3, -0.25) is 0 Å². The van der Waals surface area contributed by atoms with Crippen LogP contribution in [0.25, 0.3) is 5.57 Å². The van der Waals surface area contributed by atoms with Gasteiger partial charge in [-0.1, -0.05) is 75.4 Å². The summed E-state index contributed by atoms with van der Waals surface area (Å²) in [7, 11) is 0. The van der Waals surface area contributed by atoms with Crippen molar-refractivity contribution in [1.29, 1.82) is 5.26 Å². The molecule has 1 unspecified atom stereocenters. The standard InChI is InChI=1S/C20H23N/c1-19(2,3)13-16-8-10-17(11-9-16)18-7-5-6-12-20(4,14-18)15-21/h5-12,14H,13H2,1-4H3. The van der Waals surface area contributed by atoms with E-state index in [0.717, 1.165) is 17.6 Å². The molecule has 2 rings (SSSR count). The van der Waals surface area contributed by atoms with Gasteiger partial charge in [0.2, 0.25) is 0 Å². The summed E-state index contributed by atoms with van der Waals surface area (Å²) in [5.41, 5.74) is 3.38. The van der Waals surface area contributed by atoms with Gasteiger partial charge >= 0.3 is 0 Å². The molecule has 0 saturated carbocycles. The van der Waals surface area contributed by atoms with Gasteiger partial charge in [-0.05, 0) is 35.5 Å². The zero-order valence-corrected chi connectivity index (χ0v) is 13.4. The summed E-state index contributed by atoms with van der Waals surface area (Å²) in [4.78, 5) is 0. The quantitative estimate of drug-likeness (QED) is 0.718. The second kappa shape index (κ2) is 5.74. The molecule has 0 fully saturated rings. The molecule has 0 bridgehead atoms. The lowest BCUT2D eigenvalue weighted by molar-refractivity contribution is 0.411. The van der Waals surface area contributed by atoms with Crippen LogP contribution in [-0.4, -0.2) is 0 Å². The molecule has 0 aromatic heterocycles. The van der Waals surface area contributed by atoms with Crippen molar-refractivity contribution in [1.82, 2.24) is 0 Å². The molecule has 1 atom stereocenters. The Labute approximate surface area is 128 Å². The molecular weight excluding hydrogens is 254 g/mol. The van der Waals surface area contributed by atoms with Crippen molar-refractivity contribution in [2.75, 3.05) is 0 Å². The maximum absolute atomic E-state index is 9.34. The van der Waals surface area contributed by atoms with Crippen molar-refractivity contribution in [2.24, 2.45) is 10.8 Å². The largest absolute Gasteiger partial charge is 0.197 e. The zero-order chi connectivity index (χ0) is 15.5. The highest BCUT2D eigenvalue weighted by atomic mass is 14.3. The van der Waals surface area contributed by atoms with Crippen LogP contribution >= 0.6 is 0 Å². The second-order valence-electron chi connectivity index (χ2n) is 7.15. The van der Waals surface area contributed by atoms with E-state index in [9.17, 15) is 5.26 Å². The van der Waals surface area contributed by atoms with Gasteiger partial charge in [0, 0.05) is 0 Å². The van der Waals surface area contributed by atoms with E-state index in [2.05, 4.69) is 57.2 Å². The molecule has 1 aliphatic carbocycles. The van der Waals surface area contributed by atoms with Crippen molar-refractivity contribution in [2.45, 2.75) is 34.1 Å². The van der Waals surface area contributed by atoms with Gasteiger partial charge in [-0.25, -0.2) is 0 Å². The third-order valence-electron chi connectivity index (χ3n) is 3.55. The average Bonchev–Trinajstić information content (AvgIpc) is 2.61. The summed E-state index contributed by atoms with van der Waals surface area (Å²) >= 11 is 0. The van der Waals surface area contributed by atoms with E-state index >= 15 is 0 Å². The Balaban J connectivity index is 2.29. The minimum absolute atomic E-state index is 0.298. The molecule has 0 saturated heterocycles. The SMILES string of the molecule is CC1(C#N)C=CC=CC(c2ccc(CC(C)(C)C)cc2)=C1. The van der Waals surface area contributed by atoms with Crippen LogP contribution in [0.2, 0.25) is 0 Å². The van der Waals surface area contributed by atoms with Crippen LogP contribution in [0.4, 0.5) is 0 Å². The van der Waals surface area contributed by atoms with Gasteiger partial charge in [0.05, 0.1) is 11.5 Å². The van der Waals surface area contributed by atoms with Gasteiger partial charge in [0.25, 0.3) is 0 Å². The third kappa shape index (κ3) is 4.20. The second-order valence-corrected chi connectivity index (χ2v) is 7.15. The Hall–Kier alpha value is -2.07. The lowest BCUT2D eigenvalue weighted by atomic mass is 9.86. The van der Waals surface area contributed by atoms with Crippen molar-refractivity contribution in [3.05, 3.63) is 65.8 Å². The molecule has 0 N–H and O–H groups in total. The third-order valence-corrected chi connectivity index (χ3v) is 3.55. The molecule has 0 aliphatic heterocycles. The molecule has 0 spiro atoms. The number of benzene rings is 1. The molecule has 1 aromatic rings. The van der Waals surface area contributed by atoms with Gasteiger partial charge in [0.1, 0.15) is 0 Å². The number of allylic oxidation sites excluding steroid dienone is 6. The van der Waals surface area contributed by atoms with Gasteiger partial charge < -0.3 is 0 Å². The highest BCUT2D eigenvalue weighted by Gasteiger charge is 2.19. The van der Waals surface area contributed by atoms with Crippen molar-refractivity contribution < 1.29 is 0 Å². The van der Waals surface area contributed by atoms with Crippen LogP contribution in [0.3, 0.4) is 0 Å². The predicted molar refractivity (Wildman–Crippen MR) is 89.6 cm³/mol. The number of nitrogens with zero attached hydrogens (tertiary/aromatic N) is 1. The minimum atomic E-state index is -0.539. The summed E-state index contributed by atoms with van der Waals surface area (Å²) in [6.07, 6.45) is 11.0. The average molecular weight is 277 g/mol. The summed E-state index contributed by atoms with van der Waals surface area (Å²) in [5.74, 6) is 0. The smallest absolute Gasteiger partial charge is 0.0917 e. The van der Waals surface area contributed by atoms with Crippen LogP contribution in [0.15, 0.2) is 54.6 Å². The summed E-state index contributed by atoms with van der Waals surface area (Å²) < 4.78 is 0. The number of hydrogen-bond donors (Lipinski definition) is 0. The summed E-state index contributed by atoms with van der Waals surface area (Å²) in [6.45, 7) is 8.69. The highest BCUT2D eigenvalue weighted by Crippen LogP contribution is 2.29. The molecule has 21 heavy (non-hydrogen) atoms. The minimum Gasteiger partial charge on any atom is -0.197 e. The molecule has 1 heteroatoms. The van der Waals surface area contributed by atoms with E-state index in [0.29, 0.717) is 5.41 Å². The fourth-order valence-corrected chi connectivity index (χ4v) is 2.51. The first-order valence-electron chi connectivity index (χ1n) is 7.41. The molecule has 0 heterocycles. The topological polar surface area (TPSA) is 23.8 Å². The molecule has 1 nitrogen and oxygen atoms in total. The van der Waals surface area contributed by atoms with Crippen LogP contribution in [0, 0.1) is 22.2 Å². The normalized spacial score (nSPS) is 21.6. The van der Waals surface area contributed by atoms with E-state index < -0.39 is 5.41 Å². The predicted octanol–water partition coefficient (Wildman–Crippen LogP) is 5.31. The fraction of sp³-hybridized carbons (Fsp3) is 0.350. The Morgan fingerprint density at radius 2 is 1.76 bits per heavy atom. The Kier molecular flexibility index (Phi) is 4.19. The van der Waals surface area contributed by atoms with Crippen LogP contribution in [0.5, 0.6) is 0 Å². The molecule has 0 amide bonds. The van der Waals surface area contributed by atoms with E-state index in [-0.39, 0.29) is 0 Å². The van der Waals surface area contributed by atoms with Gasteiger partial charge in [-0.15, -0.1) is 0 Å². The van der Waals surface area contributed by atoms with E-state index in [1.54, 1.807) is 0 Å². The maximum atomic E-state index is 9.34. The van der Waals surface area contributed by atoms with E-state index in [1.807, 2.05) is 31.2 Å². The number of rotatable bonds is 2. The summed E-state index contributed by atoms with van der Waals surface area (Å²) in [6, 6.07) is 11.0. The van der Waals surface area contributed by atoms with E-state index in [4.69, 9.17) is 0 Å². The Morgan fingerprint density at radius 3 is 2.33 bits per heavy atom. The monoisotopic (exact) mass is 277 g/mol. The van der Waals surface area contributed by atoms with Gasteiger partial charge in [-0.2, -0.15) is 5.26 Å². The van der Waals surface area contributed by atoms with Crippen LogP contribution in [-0.2, 0) is 6.42 Å². The van der Waals surface area contributed by atoms with Crippen molar-refractivity contribution >= 4 is 5.57 Å². The van der Waals surface area contributed by atoms with Crippen molar-refractivity contribution in [3.8, 4) is 6.07 Å². The van der Waals surface area contributed by atoms with Crippen LogP contribution in [0.1, 0.15) is 38.8 Å². The lowest BCUT2D eigenvalue weighted by Crippen LogP contribution is -2.09. The molecule has 1 aliphatic rings. The molecular formula is C20H23N. The highest BCUT2D eigenvalue weighted by molar-refractivity contribution is 5.76. The Bertz CT molecular complexity index is 630. The molecule has 1 aromatic carbocycles. The molecule has 108 valence electrons.